The molecule has 154 valence electrons. The molecule has 9 heteroatoms. The molecule has 0 N–H and O–H groups in total. The third kappa shape index (κ3) is 4.50. The molecule has 1 heterocycles. The van der Waals surface area contributed by atoms with E-state index in [0.717, 1.165) is 16.5 Å². The Balaban J connectivity index is 2.13. The average Bonchev–Trinajstić information content (AvgIpc) is 3.06. The first-order valence-electron chi connectivity index (χ1n) is 8.72. The molecule has 3 rings (SSSR count). The maximum absolute atomic E-state index is 13.2. The zero-order valence-corrected chi connectivity index (χ0v) is 17.1. The molecule has 0 amide bonds. The normalized spacial score (nSPS) is 12.9. The number of benzene rings is 2. The SMILES string of the molecule is CC(C)(C)c1ccc(-c2nc(C(F)(F)F)nn2-c2ccc(S(C)(=O)=O)cc2)cc1. The molecule has 0 radical (unpaired) electrons. The molecule has 2 aromatic carbocycles. The van der Waals surface area contributed by atoms with Crippen LogP contribution in [0.4, 0.5) is 13.2 Å². The summed E-state index contributed by atoms with van der Waals surface area (Å²) in [6.07, 6.45) is -3.65. The number of alkyl halides is 3. The highest BCUT2D eigenvalue weighted by atomic mass is 32.2. The predicted octanol–water partition coefficient (Wildman–Crippen LogP) is 4.65. The van der Waals surface area contributed by atoms with E-state index >= 15 is 0 Å². The zero-order chi connectivity index (χ0) is 21.6. The first-order valence-corrected chi connectivity index (χ1v) is 10.6. The minimum Gasteiger partial charge on any atom is -0.224 e. The van der Waals surface area contributed by atoms with Crippen LogP contribution in [-0.4, -0.2) is 29.4 Å². The van der Waals surface area contributed by atoms with Crippen molar-refractivity contribution in [3.05, 3.63) is 59.9 Å². The Bertz CT molecular complexity index is 1130. The molecule has 0 spiro atoms. The molecular formula is C20H20F3N3O2S. The fourth-order valence-corrected chi connectivity index (χ4v) is 3.38. The van der Waals surface area contributed by atoms with Crippen LogP contribution in [0, 0.1) is 0 Å². The smallest absolute Gasteiger partial charge is 0.224 e. The van der Waals surface area contributed by atoms with Gasteiger partial charge in [0.25, 0.3) is 5.82 Å². The van der Waals surface area contributed by atoms with Gasteiger partial charge in [0.05, 0.1) is 10.6 Å². The van der Waals surface area contributed by atoms with Crippen molar-refractivity contribution in [1.29, 1.82) is 0 Å². The summed E-state index contributed by atoms with van der Waals surface area (Å²) in [6, 6.07) is 12.5. The second-order valence-corrected chi connectivity index (χ2v) is 9.78. The van der Waals surface area contributed by atoms with Crippen molar-refractivity contribution < 1.29 is 21.6 Å². The van der Waals surface area contributed by atoms with Crippen LogP contribution in [0.3, 0.4) is 0 Å². The quantitative estimate of drug-likeness (QED) is 0.615. The van der Waals surface area contributed by atoms with Crippen molar-refractivity contribution in [3.63, 3.8) is 0 Å². The Morgan fingerprint density at radius 2 is 1.45 bits per heavy atom. The number of halogens is 3. The monoisotopic (exact) mass is 423 g/mol. The summed E-state index contributed by atoms with van der Waals surface area (Å²) in [5.41, 5.74) is 1.66. The van der Waals surface area contributed by atoms with Crippen LogP contribution in [0.25, 0.3) is 17.1 Å². The van der Waals surface area contributed by atoms with Gasteiger partial charge < -0.3 is 0 Å². The van der Waals surface area contributed by atoms with Crippen molar-refractivity contribution in [2.24, 2.45) is 0 Å². The lowest BCUT2D eigenvalue weighted by atomic mass is 9.87. The Hall–Kier alpha value is -2.68. The fraction of sp³-hybridized carbons (Fsp3) is 0.300. The van der Waals surface area contributed by atoms with Crippen LogP contribution < -0.4 is 0 Å². The minimum absolute atomic E-state index is 0.0184. The number of aromatic nitrogens is 3. The standard InChI is InChI=1S/C20H20F3N3O2S/c1-19(2,3)14-7-5-13(6-8-14)17-24-18(20(21,22)23)25-26(17)15-9-11-16(12-10-15)29(4,27)28/h5-12H,1-4H3. The maximum atomic E-state index is 13.2. The van der Waals surface area contributed by atoms with Crippen molar-refractivity contribution >= 4 is 9.84 Å². The first kappa shape index (κ1) is 21.0. The van der Waals surface area contributed by atoms with Crippen LogP contribution in [0.1, 0.15) is 32.2 Å². The van der Waals surface area contributed by atoms with Gasteiger partial charge in [-0.2, -0.15) is 13.2 Å². The van der Waals surface area contributed by atoms with E-state index in [1.165, 1.54) is 24.3 Å². The number of nitrogens with zero attached hydrogens (tertiary/aromatic N) is 3. The number of sulfone groups is 1. The van der Waals surface area contributed by atoms with Crippen LogP contribution in [0.2, 0.25) is 0 Å². The molecule has 5 nitrogen and oxygen atoms in total. The molecule has 1 aromatic heterocycles. The van der Waals surface area contributed by atoms with Crippen molar-refractivity contribution in [2.45, 2.75) is 37.3 Å². The lowest BCUT2D eigenvalue weighted by Gasteiger charge is -2.19. The second-order valence-electron chi connectivity index (χ2n) is 7.76. The van der Waals surface area contributed by atoms with Gasteiger partial charge >= 0.3 is 6.18 Å². The zero-order valence-electron chi connectivity index (χ0n) is 16.3. The largest absolute Gasteiger partial charge is 0.453 e. The molecule has 0 saturated heterocycles. The summed E-state index contributed by atoms with van der Waals surface area (Å²) in [6.45, 7) is 6.11. The van der Waals surface area contributed by atoms with Gasteiger partial charge in [-0.05, 0) is 35.2 Å². The molecule has 0 fully saturated rings. The van der Waals surface area contributed by atoms with E-state index in [1.807, 2.05) is 32.9 Å². The lowest BCUT2D eigenvalue weighted by Crippen LogP contribution is -2.10. The van der Waals surface area contributed by atoms with Gasteiger partial charge in [0.15, 0.2) is 15.7 Å². The van der Waals surface area contributed by atoms with Gasteiger partial charge in [-0.3, -0.25) is 0 Å². The molecule has 0 aliphatic rings. The van der Waals surface area contributed by atoms with Gasteiger partial charge in [-0.1, -0.05) is 45.0 Å². The summed E-state index contributed by atoms with van der Waals surface area (Å²) in [5.74, 6) is -1.25. The molecule has 0 atom stereocenters. The molecule has 0 aliphatic carbocycles. The van der Waals surface area contributed by atoms with E-state index in [0.29, 0.717) is 5.56 Å². The van der Waals surface area contributed by atoms with Crippen LogP contribution >= 0.6 is 0 Å². The van der Waals surface area contributed by atoms with E-state index in [-0.39, 0.29) is 21.8 Å². The Morgan fingerprint density at radius 1 is 0.897 bits per heavy atom. The third-order valence-corrected chi connectivity index (χ3v) is 5.51. The Labute approximate surface area is 167 Å². The summed E-state index contributed by atoms with van der Waals surface area (Å²) in [7, 11) is -3.43. The average molecular weight is 423 g/mol. The highest BCUT2D eigenvalue weighted by Gasteiger charge is 2.37. The molecular weight excluding hydrogens is 403 g/mol. The number of hydrogen-bond donors (Lipinski definition) is 0. The predicted molar refractivity (Wildman–Crippen MR) is 104 cm³/mol. The van der Waals surface area contributed by atoms with Gasteiger partial charge in [-0.25, -0.2) is 18.1 Å². The highest BCUT2D eigenvalue weighted by Crippen LogP contribution is 2.31. The Kier molecular flexibility index (Phi) is 5.06. The summed E-state index contributed by atoms with van der Waals surface area (Å²) in [4.78, 5) is 3.76. The molecule has 0 aliphatic heterocycles. The highest BCUT2D eigenvalue weighted by molar-refractivity contribution is 7.90. The third-order valence-electron chi connectivity index (χ3n) is 4.38. The summed E-state index contributed by atoms with van der Waals surface area (Å²) in [5, 5.41) is 3.62. The number of hydrogen-bond acceptors (Lipinski definition) is 4. The second kappa shape index (κ2) is 6.98. The summed E-state index contributed by atoms with van der Waals surface area (Å²) >= 11 is 0. The van der Waals surface area contributed by atoms with Crippen LogP contribution in [-0.2, 0) is 21.4 Å². The topological polar surface area (TPSA) is 64.8 Å². The molecule has 0 unspecified atom stereocenters. The first-order chi connectivity index (χ1) is 13.3. The van der Waals surface area contributed by atoms with Gasteiger partial charge in [-0.15, -0.1) is 5.10 Å². The van der Waals surface area contributed by atoms with Gasteiger partial charge in [0, 0.05) is 11.8 Å². The molecule has 29 heavy (non-hydrogen) atoms. The maximum Gasteiger partial charge on any atom is 0.453 e. The van der Waals surface area contributed by atoms with Gasteiger partial charge in [0.2, 0.25) is 0 Å². The fourth-order valence-electron chi connectivity index (χ4n) is 2.75. The van der Waals surface area contributed by atoms with E-state index in [2.05, 4.69) is 10.1 Å². The van der Waals surface area contributed by atoms with Crippen molar-refractivity contribution in [3.8, 4) is 17.1 Å². The van der Waals surface area contributed by atoms with Crippen LogP contribution in [0.15, 0.2) is 53.4 Å². The lowest BCUT2D eigenvalue weighted by molar-refractivity contribution is -0.144. The summed E-state index contributed by atoms with van der Waals surface area (Å²) < 4.78 is 64.0. The Morgan fingerprint density at radius 3 is 1.90 bits per heavy atom. The minimum atomic E-state index is -4.71. The van der Waals surface area contributed by atoms with E-state index in [4.69, 9.17) is 0 Å². The molecule has 0 saturated carbocycles. The van der Waals surface area contributed by atoms with Crippen LogP contribution in [0.5, 0.6) is 0 Å². The van der Waals surface area contributed by atoms with Gasteiger partial charge in [0.1, 0.15) is 0 Å². The molecule has 0 bridgehead atoms. The van der Waals surface area contributed by atoms with Crippen molar-refractivity contribution in [1.82, 2.24) is 14.8 Å². The molecule has 3 aromatic rings. The van der Waals surface area contributed by atoms with E-state index in [9.17, 15) is 21.6 Å². The van der Waals surface area contributed by atoms with Crippen molar-refractivity contribution in [2.75, 3.05) is 6.26 Å². The number of rotatable bonds is 3. The van der Waals surface area contributed by atoms with E-state index < -0.39 is 21.8 Å². The van der Waals surface area contributed by atoms with E-state index in [1.54, 1.807) is 12.1 Å².